The number of ether oxygens (including phenoxy) is 2. The Labute approximate surface area is 196 Å². The minimum absolute atomic E-state index is 0.125. The normalized spacial score (nSPS) is 17.9. The third-order valence-corrected chi connectivity index (χ3v) is 7.54. The van der Waals surface area contributed by atoms with Gasteiger partial charge in [0.2, 0.25) is 11.8 Å². The van der Waals surface area contributed by atoms with E-state index in [0.717, 1.165) is 54.4 Å². The van der Waals surface area contributed by atoms with Crippen molar-refractivity contribution in [3.8, 4) is 22.9 Å². The average Bonchev–Trinajstić information content (AvgIpc) is 3.48. The lowest BCUT2D eigenvalue weighted by Gasteiger charge is -2.25. The summed E-state index contributed by atoms with van der Waals surface area (Å²) in [4.78, 5) is 17.4. The monoisotopic (exact) mass is 480 g/mol. The second-order valence-corrected chi connectivity index (χ2v) is 10.4. The Bertz CT molecular complexity index is 1420. The number of urea groups is 1. The molecule has 2 aliphatic carbocycles. The first-order chi connectivity index (χ1) is 16.5. The van der Waals surface area contributed by atoms with Crippen LogP contribution < -0.4 is 19.9 Å². The molecular weight excluding hydrogens is 456 g/mol. The molecule has 0 bridgehead atoms. The summed E-state index contributed by atoms with van der Waals surface area (Å²) in [5.41, 5.74) is 4.53. The number of amides is 2. The largest absolute Gasteiger partial charge is 0.477 e. The van der Waals surface area contributed by atoms with Crippen molar-refractivity contribution in [1.29, 1.82) is 0 Å². The number of nitrogens with one attached hydrogen (secondary N) is 1. The van der Waals surface area contributed by atoms with Crippen LogP contribution in [0.5, 0.6) is 11.8 Å². The van der Waals surface area contributed by atoms with Gasteiger partial charge in [-0.25, -0.2) is 23.8 Å². The highest BCUT2D eigenvalue weighted by atomic mass is 32.2. The molecule has 11 heteroatoms. The number of rotatable bonds is 5. The van der Waals surface area contributed by atoms with Crippen molar-refractivity contribution in [3.05, 3.63) is 47.8 Å². The van der Waals surface area contributed by atoms with E-state index in [1.54, 1.807) is 10.9 Å². The lowest BCUT2D eigenvalue weighted by atomic mass is 9.84. The molecule has 2 aromatic heterocycles. The van der Waals surface area contributed by atoms with Gasteiger partial charge in [-0.15, -0.1) is 4.36 Å². The van der Waals surface area contributed by atoms with E-state index in [1.165, 1.54) is 6.20 Å². The minimum atomic E-state index is -3.55. The Morgan fingerprint density at radius 1 is 1.29 bits per heavy atom. The maximum atomic E-state index is 13.2. The Kier molecular flexibility index (Phi) is 5.03. The zero-order valence-corrected chi connectivity index (χ0v) is 19.2. The van der Waals surface area contributed by atoms with Crippen molar-refractivity contribution in [2.45, 2.75) is 49.6 Å². The average molecular weight is 481 g/mol. The van der Waals surface area contributed by atoms with Crippen LogP contribution in [-0.2, 0) is 29.3 Å². The highest BCUT2D eigenvalue weighted by molar-refractivity contribution is 7.91. The number of carbonyl (C=O) groups excluding carboxylic acids is 1. The first-order valence-electron chi connectivity index (χ1n) is 11.3. The van der Waals surface area contributed by atoms with Crippen molar-refractivity contribution in [3.63, 3.8) is 0 Å². The molecule has 1 saturated carbocycles. The van der Waals surface area contributed by atoms with Gasteiger partial charge in [-0.2, -0.15) is 5.10 Å². The minimum Gasteiger partial charge on any atom is -0.477 e. The number of benzene rings is 1. The molecule has 0 saturated heterocycles. The number of anilines is 1. The van der Waals surface area contributed by atoms with Crippen molar-refractivity contribution < 1.29 is 18.5 Å². The molecule has 176 valence electrons. The molecule has 1 atom stereocenters. The van der Waals surface area contributed by atoms with Crippen LogP contribution in [0.4, 0.5) is 10.5 Å². The first-order valence-corrected chi connectivity index (χ1v) is 12.9. The van der Waals surface area contributed by atoms with Gasteiger partial charge in [-0.1, -0.05) is 12.1 Å². The lowest BCUT2D eigenvalue weighted by Crippen LogP contribution is -2.22. The fourth-order valence-corrected chi connectivity index (χ4v) is 5.23. The van der Waals surface area contributed by atoms with Crippen LogP contribution in [0.25, 0.3) is 11.1 Å². The quantitative estimate of drug-likeness (QED) is 0.576. The van der Waals surface area contributed by atoms with E-state index < -0.39 is 15.9 Å². The Balaban J connectivity index is 1.33. The summed E-state index contributed by atoms with van der Waals surface area (Å²) in [6, 6.07) is 6.98. The molecule has 1 aromatic carbocycles. The van der Waals surface area contributed by atoms with E-state index in [2.05, 4.69) is 25.8 Å². The molecule has 6 rings (SSSR count). The summed E-state index contributed by atoms with van der Waals surface area (Å²) < 4.78 is 30.0. The summed E-state index contributed by atoms with van der Waals surface area (Å²) in [5, 5.41) is 13.0. The molecular formula is C23H24N6O4S. The fourth-order valence-electron chi connectivity index (χ4n) is 4.22. The molecule has 1 fully saturated rings. The number of nitrogens with zero attached hydrogens (tertiary/aromatic N) is 4. The SMILES string of the molecule is N[S@](=O)(=NC(=O)Nc1c(-c2ccnc(OC3CC3)c2)ccc2c1CC2)c1cnn2c1OCCC2. The third-order valence-electron chi connectivity index (χ3n) is 6.19. The molecule has 3 heterocycles. The summed E-state index contributed by atoms with van der Waals surface area (Å²) in [7, 11) is -3.55. The molecule has 1 aliphatic heterocycles. The van der Waals surface area contributed by atoms with E-state index in [1.807, 2.05) is 18.2 Å². The lowest BCUT2D eigenvalue weighted by molar-refractivity contribution is 0.224. The summed E-state index contributed by atoms with van der Waals surface area (Å²) in [6.45, 7) is 1.10. The standard InChI is InChI=1S/C23H24N6O4S/c24-34(31,19-13-26-29-10-1-11-32-22(19)29)28-23(30)27-21-17-6-2-14(17)3-7-18(21)15-8-9-25-20(12-15)33-16-4-5-16/h3,7-9,12-13,16H,1-2,4-6,10-11H2,(H3,24,27,28,30,31)/t34-/m0/s1. The van der Waals surface area contributed by atoms with Crippen LogP contribution in [0.1, 0.15) is 30.4 Å². The number of fused-ring (bicyclic) bond motifs is 2. The molecule has 34 heavy (non-hydrogen) atoms. The van der Waals surface area contributed by atoms with Crippen molar-refractivity contribution in [2.75, 3.05) is 11.9 Å². The molecule has 10 nitrogen and oxygen atoms in total. The maximum Gasteiger partial charge on any atom is 0.354 e. The zero-order valence-electron chi connectivity index (χ0n) is 18.4. The van der Waals surface area contributed by atoms with E-state index in [4.69, 9.17) is 14.6 Å². The van der Waals surface area contributed by atoms with E-state index >= 15 is 0 Å². The van der Waals surface area contributed by atoms with Crippen molar-refractivity contribution in [1.82, 2.24) is 14.8 Å². The highest BCUT2D eigenvalue weighted by Gasteiger charge is 2.27. The molecule has 3 aliphatic rings. The first kappa shape index (κ1) is 21.1. The van der Waals surface area contributed by atoms with Crippen molar-refractivity contribution >= 4 is 21.6 Å². The van der Waals surface area contributed by atoms with Gasteiger partial charge in [-0.3, -0.25) is 0 Å². The second-order valence-electron chi connectivity index (χ2n) is 8.65. The molecule has 0 spiro atoms. The number of nitrogens with two attached hydrogens (primary N) is 1. The second kappa shape index (κ2) is 8.10. The molecule has 0 radical (unpaired) electrons. The van der Waals surface area contributed by atoms with Gasteiger partial charge in [0.25, 0.3) is 0 Å². The number of pyridine rings is 1. The predicted octanol–water partition coefficient (Wildman–Crippen LogP) is 3.30. The fraction of sp³-hybridized carbons (Fsp3) is 0.348. The van der Waals surface area contributed by atoms with E-state index in [-0.39, 0.29) is 11.0 Å². The van der Waals surface area contributed by atoms with Crippen LogP contribution in [0, 0.1) is 0 Å². The number of aromatic nitrogens is 3. The topological polar surface area (TPSA) is 134 Å². The molecule has 3 aromatic rings. The van der Waals surface area contributed by atoms with Crippen LogP contribution in [-0.4, -0.2) is 37.7 Å². The van der Waals surface area contributed by atoms with Crippen molar-refractivity contribution in [2.24, 2.45) is 9.50 Å². The van der Waals surface area contributed by atoms with Crippen LogP contribution in [0.2, 0.25) is 0 Å². The van der Waals surface area contributed by atoms with Gasteiger partial charge in [0.1, 0.15) is 11.0 Å². The highest BCUT2D eigenvalue weighted by Crippen LogP contribution is 2.39. The predicted molar refractivity (Wildman–Crippen MR) is 125 cm³/mol. The molecule has 2 amide bonds. The Morgan fingerprint density at radius 2 is 2.18 bits per heavy atom. The van der Waals surface area contributed by atoms with Crippen LogP contribution in [0.3, 0.4) is 0 Å². The molecule has 0 unspecified atom stereocenters. The number of aryl methyl sites for hydroxylation is 2. The van der Waals surface area contributed by atoms with Crippen LogP contribution in [0.15, 0.2) is 45.9 Å². The number of hydrogen-bond acceptors (Lipinski definition) is 6. The third kappa shape index (κ3) is 3.90. The van der Waals surface area contributed by atoms with Gasteiger partial charge >= 0.3 is 6.03 Å². The van der Waals surface area contributed by atoms with Gasteiger partial charge in [-0.05, 0) is 48.4 Å². The summed E-state index contributed by atoms with van der Waals surface area (Å²) in [5.74, 6) is 0.861. The van der Waals surface area contributed by atoms with Gasteiger partial charge in [0.15, 0.2) is 9.92 Å². The zero-order chi connectivity index (χ0) is 23.3. The Hall–Kier alpha value is -3.44. The van der Waals surface area contributed by atoms with Gasteiger partial charge in [0, 0.05) is 30.8 Å². The number of carbonyl (C=O) groups is 1. The van der Waals surface area contributed by atoms with Gasteiger partial charge in [0.05, 0.1) is 18.5 Å². The maximum absolute atomic E-state index is 13.2. The Morgan fingerprint density at radius 3 is 2.97 bits per heavy atom. The molecule has 3 N–H and O–H groups in total. The van der Waals surface area contributed by atoms with Crippen LogP contribution >= 0.6 is 0 Å². The smallest absolute Gasteiger partial charge is 0.354 e. The van der Waals surface area contributed by atoms with E-state index in [0.29, 0.717) is 30.6 Å². The summed E-state index contributed by atoms with van der Waals surface area (Å²) >= 11 is 0. The number of hydrogen-bond donors (Lipinski definition) is 2. The van der Waals surface area contributed by atoms with E-state index in [9.17, 15) is 9.00 Å². The summed E-state index contributed by atoms with van der Waals surface area (Å²) in [6.07, 6.45) is 7.93. The van der Waals surface area contributed by atoms with Gasteiger partial charge < -0.3 is 14.8 Å².